The summed E-state index contributed by atoms with van der Waals surface area (Å²) in [7, 11) is 0. The normalized spacial score (nSPS) is 17.2. The first kappa shape index (κ1) is 13.1. The van der Waals surface area contributed by atoms with Crippen LogP contribution in [0.3, 0.4) is 0 Å². The summed E-state index contributed by atoms with van der Waals surface area (Å²) in [6.45, 7) is 4.75. The van der Waals surface area contributed by atoms with Crippen molar-refractivity contribution < 1.29 is 0 Å². The second-order valence-electron chi connectivity index (χ2n) is 5.51. The number of nitrogen functional groups attached to an aromatic ring is 1. The third kappa shape index (κ3) is 2.68. The van der Waals surface area contributed by atoms with Crippen LogP contribution in [0.2, 0.25) is 0 Å². The quantitative estimate of drug-likeness (QED) is 0.925. The first-order valence-electron chi connectivity index (χ1n) is 7.30. The minimum atomic E-state index is 0.508. The van der Waals surface area contributed by atoms with Gasteiger partial charge in [-0.25, -0.2) is 4.98 Å². The average Bonchev–Trinajstić information content (AvgIpc) is 3.01. The number of likely N-dealkylation sites (tertiary alicyclic amines) is 1. The fourth-order valence-electron chi connectivity index (χ4n) is 2.92. The minimum absolute atomic E-state index is 0.508. The molecular formula is C17H21N3. The first-order chi connectivity index (χ1) is 9.74. The maximum absolute atomic E-state index is 5.74. The fraction of sp³-hybridized carbons (Fsp3) is 0.353. The molecule has 0 amide bonds. The van der Waals surface area contributed by atoms with Crippen LogP contribution >= 0.6 is 0 Å². The molecule has 1 aliphatic heterocycles. The second-order valence-corrected chi connectivity index (χ2v) is 5.51. The van der Waals surface area contributed by atoms with E-state index in [9.17, 15) is 0 Å². The zero-order valence-corrected chi connectivity index (χ0v) is 11.9. The van der Waals surface area contributed by atoms with Crippen LogP contribution in [0.4, 0.5) is 5.82 Å². The van der Waals surface area contributed by atoms with E-state index < -0.39 is 0 Å². The second kappa shape index (κ2) is 5.63. The Hall–Kier alpha value is -1.87. The summed E-state index contributed by atoms with van der Waals surface area (Å²) >= 11 is 0. The molecule has 0 radical (unpaired) electrons. The van der Waals surface area contributed by atoms with Gasteiger partial charge in [-0.05, 0) is 61.7 Å². The Labute approximate surface area is 120 Å². The minimum Gasteiger partial charge on any atom is -0.384 e. The van der Waals surface area contributed by atoms with E-state index in [0.29, 0.717) is 11.9 Å². The number of nitrogens with two attached hydrogens (primary N) is 1. The van der Waals surface area contributed by atoms with Gasteiger partial charge in [0.2, 0.25) is 0 Å². The number of hydrogen-bond acceptors (Lipinski definition) is 3. The molecule has 1 aromatic carbocycles. The van der Waals surface area contributed by atoms with Crippen molar-refractivity contribution >= 4 is 5.82 Å². The lowest BCUT2D eigenvalue weighted by molar-refractivity contribution is 0.263. The smallest absolute Gasteiger partial charge is 0.123 e. The van der Waals surface area contributed by atoms with E-state index in [0.717, 1.165) is 5.56 Å². The van der Waals surface area contributed by atoms with Crippen molar-refractivity contribution in [1.82, 2.24) is 9.88 Å². The maximum Gasteiger partial charge on any atom is 0.123 e. The Morgan fingerprint density at radius 2 is 1.75 bits per heavy atom. The van der Waals surface area contributed by atoms with Gasteiger partial charge < -0.3 is 5.73 Å². The van der Waals surface area contributed by atoms with Crippen molar-refractivity contribution in [1.29, 1.82) is 0 Å². The fourth-order valence-corrected chi connectivity index (χ4v) is 2.92. The zero-order chi connectivity index (χ0) is 13.9. The first-order valence-corrected chi connectivity index (χ1v) is 7.30. The van der Waals surface area contributed by atoms with Gasteiger partial charge in [0.1, 0.15) is 5.82 Å². The van der Waals surface area contributed by atoms with Gasteiger partial charge in [-0.3, -0.25) is 4.90 Å². The highest BCUT2D eigenvalue weighted by atomic mass is 15.2. The summed E-state index contributed by atoms with van der Waals surface area (Å²) in [6, 6.07) is 13.2. The Morgan fingerprint density at radius 3 is 2.40 bits per heavy atom. The van der Waals surface area contributed by atoms with Crippen molar-refractivity contribution in [2.75, 3.05) is 18.8 Å². The molecule has 3 heteroatoms. The molecule has 1 aliphatic rings. The Morgan fingerprint density at radius 1 is 1.05 bits per heavy atom. The molecule has 1 atom stereocenters. The number of benzene rings is 1. The molecule has 1 aromatic heterocycles. The van der Waals surface area contributed by atoms with Crippen molar-refractivity contribution in [2.24, 2.45) is 0 Å². The van der Waals surface area contributed by atoms with Gasteiger partial charge in [-0.2, -0.15) is 0 Å². The predicted octanol–water partition coefficient (Wildman–Crippen LogP) is 3.49. The van der Waals surface area contributed by atoms with Crippen LogP contribution in [0.5, 0.6) is 0 Å². The topological polar surface area (TPSA) is 42.1 Å². The molecule has 2 N–H and O–H groups in total. The summed E-state index contributed by atoms with van der Waals surface area (Å²) < 4.78 is 0. The van der Waals surface area contributed by atoms with Crippen LogP contribution in [-0.2, 0) is 0 Å². The van der Waals surface area contributed by atoms with Crippen LogP contribution in [0.15, 0.2) is 42.6 Å². The van der Waals surface area contributed by atoms with Gasteiger partial charge in [-0.15, -0.1) is 0 Å². The molecule has 3 rings (SSSR count). The molecule has 2 heterocycles. The molecule has 1 saturated heterocycles. The van der Waals surface area contributed by atoms with Gasteiger partial charge in [0.15, 0.2) is 0 Å². The molecule has 104 valence electrons. The summed E-state index contributed by atoms with van der Waals surface area (Å²) in [4.78, 5) is 6.59. The number of rotatable bonds is 3. The molecule has 2 aromatic rings. The van der Waals surface area contributed by atoms with Crippen molar-refractivity contribution in [3.05, 3.63) is 48.2 Å². The lowest BCUT2D eigenvalue weighted by atomic mass is 10.0. The molecular weight excluding hydrogens is 246 g/mol. The van der Waals surface area contributed by atoms with E-state index in [1.807, 2.05) is 12.1 Å². The molecule has 0 spiro atoms. The van der Waals surface area contributed by atoms with Gasteiger partial charge in [0.25, 0.3) is 0 Å². The molecule has 0 aliphatic carbocycles. The summed E-state index contributed by atoms with van der Waals surface area (Å²) in [6.07, 6.45) is 4.42. The van der Waals surface area contributed by atoms with Crippen molar-refractivity contribution in [3.8, 4) is 11.1 Å². The maximum atomic E-state index is 5.74. The van der Waals surface area contributed by atoms with Crippen LogP contribution in [-0.4, -0.2) is 23.0 Å². The van der Waals surface area contributed by atoms with E-state index in [1.165, 1.54) is 37.1 Å². The molecule has 1 fully saturated rings. The molecule has 20 heavy (non-hydrogen) atoms. The van der Waals surface area contributed by atoms with Crippen molar-refractivity contribution in [2.45, 2.75) is 25.8 Å². The van der Waals surface area contributed by atoms with Gasteiger partial charge in [0, 0.05) is 12.2 Å². The molecule has 0 bridgehead atoms. The standard InChI is InChI=1S/C17H21N3/c1-13(20-10-2-3-11-20)14-4-6-15(7-5-14)16-8-9-19-17(18)12-16/h4-9,12-13H,2-3,10-11H2,1H3,(H2,18,19)/t13-/m0/s1. The highest BCUT2D eigenvalue weighted by Gasteiger charge is 2.19. The van der Waals surface area contributed by atoms with Crippen LogP contribution in [0.25, 0.3) is 11.1 Å². The summed E-state index contributed by atoms with van der Waals surface area (Å²) in [5.74, 6) is 0.567. The highest BCUT2D eigenvalue weighted by molar-refractivity contribution is 5.65. The Balaban J connectivity index is 1.80. The SMILES string of the molecule is C[C@@H](c1ccc(-c2ccnc(N)c2)cc1)N1CCCC1. The van der Waals surface area contributed by atoms with Crippen LogP contribution in [0.1, 0.15) is 31.4 Å². The van der Waals surface area contributed by atoms with E-state index in [-0.39, 0.29) is 0 Å². The largest absolute Gasteiger partial charge is 0.384 e. The van der Waals surface area contributed by atoms with E-state index in [2.05, 4.69) is 41.1 Å². The van der Waals surface area contributed by atoms with Gasteiger partial charge >= 0.3 is 0 Å². The number of pyridine rings is 1. The average molecular weight is 267 g/mol. The Kier molecular flexibility index (Phi) is 3.70. The third-order valence-electron chi connectivity index (χ3n) is 4.20. The monoisotopic (exact) mass is 267 g/mol. The highest BCUT2D eigenvalue weighted by Crippen LogP contribution is 2.27. The third-order valence-corrected chi connectivity index (χ3v) is 4.20. The van der Waals surface area contributed by atoms with Crippen LogP contribution < -0.4 is 5.73 Å². The molecule has 0 saturated carbocycles. The molecule has 3 nitrogen and oxygen atoms in total. The zero-order valence-electron chi connectivity index (χ0n) is 11.9. The van der Waals surface area contributed by atoms with E-state index in [1.54, 1.807) is 6.20 Å². The van der Waals surface area contributed by atoms with Crippen molar-refractivity contribution in [3.63, 3.8) is 0 Å². The molecule has 0 unspecified atom stereocenters. The number of hydrogen-bond donors (Lipinski definition) is 1. The van der Waals surface area contributed by atoms with E-state index in [4.69, 9.17) is 5.73 Å². The summed E-state index contributed by atoms with van der Waals surface area (Å²) in [5.41, 5.74) is 9.44. The lowest BCUT2D eigenvalue weighted by Gasteiger charge is -2.24. The summed E-state index contributed by atoms with van der Waals surface area (Å²) in [5, 5.41) is 0. The van der Waals surface area contributed by atoms with E-state index >= 15 is 0 Å². The van der Waals surface area contributed by atoms with Crippen LogP contribution in [0, 0.1) is 0 Å². The lowest BCUT2D eigenvalue weighted by Crippen LogP contribution is -2.23. The predicted molar refractivity (Wildman–Crippen MR) is 83.3 cm³/mol. The van der Waals surface area contributed by atoms with Gasteiger partial charge in [-0.1, -0.05) is 24.3 Å². The van der Waals surface area contributed by atoms with Gasteiger partial charge in [0.05, 0.1) is 0 Å². The Bertz CT molecular complexity index is 571. The number of aromatic nitrogens is 1. The number of anilines is 1. The number of nitrogens with zero attached hydrogens (tertiary/aromatic N) is 2.